The lowest BCUT2D eigenvalue weighted by Gasteiger charge is -2.42. The van der Waals surface area contributed by atoms with Crippen molar-refractivity contribution in [2.75, 3.05) is 13.7 Å². The zero-order chi connectivity index (χ0) is 22.3. The highest BCUT2D eigenvalue weighted by molar-refractivity contribution is 6.77. The number of carbonyl (C=O) groups is 1. The van der Waals surface area contributed by atoms with Crippen LogP contribution in [0.25, 0.3) is 0 Å². The molecule has 3 nitrogen and oxygen atoms in total. The zero-order valence-electron chi connectivity index (χ0n) is 19.8. The van der Waals surface area contributed by atoms with Gasteiger partial charge in [-0.15, -0.1) is 0 Å². The average molecular weight is 419 g/mol. The monoisotopic (exact) mass is 418 g/mol. The van der Waals surface area contributed by atoms with Gasteiger partial charge >= 0.3 is 5.97 Å². The number of carbonyl (C=O) groups excluding carboxylic acids is 1. The van der Waals surface area contributed by atoms with Crippen molar-refractivity contribution < 1.29 is 14.0 Å². The maximum absolute atomic E-state index is 11.1. The first kappa shape index (κ1) is 27.3. The number of rotatable bonds is 13. The number of esters is 1. The highest BCUT2D eigenvalue weighted by Crippen LogP contribution is 2.42. The summed E-state index contributed by atoms with van der Waals surface area (Å²) in [4.78, 5) is 11.1. The van der Waals surface area contributed by atoms with E-state index in [4.69, 9.17) is 4.43 Å². The largest absolute Gasteiger partial charge is 0.466 e. The van der Waals surface area contributed by atoms with E-state index in [0.717, 1.165) is 25.0 Å². The van der Waals surface area contributed by atoms with E-state index in [1.807, 2.05) is 43.4 Å². The van der Waals surface area contributed by atoms with Crippen molar-refractivity contribution in [1.82, 2.24) is 0 Å². The second-order valence-corrected chi connectivity index (χ2v) is 13.7. The minimum atomic E-state index is -1.72. The summed E-state index contributed by atoms with van der Waals surface area (Å²) in [5.41, 5.74) is 2.77. The summed E-state index contributed by atoms with van der Waals surface area (Å²) in [6, 6.07) is 0. The number of ether oxygens (including phenoxy) is 1. The third kappa shape index (κ3) is 10.6. The van der Waals surface area contributed by atoms with Crippen molar-refractivity contribution in [2.45, 2.75) is 77.9 Å². The lowest BCUT2D eigenvalue weighted by Crippen LogP contribution is -2.47. The van der Waals surface area contributed by atoms with Crippen molar-refractivity contribution >= 4 is 14.3 Å². The van der Waals surface area contributed by atoms with Crippen molar-refractivity contribution in [3.63, 3.8) is 0 Å². The van der Waals surface area contributed by atoms with Crippen LogP contribution >= 0.6 is 0 Å². The predicted molar refractivity (Wildman–Crippen MR) is 129 cm³/mol. The fourth-order valence-electron chi connectivity index (χ4n) is 3.88. The SMILES string of the molecule is COC(=O)/C=C(C)/C=C/C=C/C=C/C=C/CCCO[Si](C(C)C)(C(C)C)C(C)C. The molecule has 0 spiro atoms. The first-order chi connectivity index (χ1) is 13.7. The third-order valence-corrected chi connectivity index (χ3v) is 11.3. The molecule has 0 rings (SSSR count). The molecule has 164 valence electrons. The molecule has 0 aliphatic heterocycles. The molecule has 0 fully saturated rings. The van der Waals surface area contributed by atoms with Gasteiger partial charge in [0.15, 0.2) is 8.32 Å². The number of hydrogen-bond donors (Lipinski definition) is 0. The van der Waals surface area contributed by atoms with Gasteiger partial charge in [-0.2, -0.15) is 0 Å². The second-order valence-electron chi connectivity index (χ2n) is 8.28. The second kappa shape index (κ2) is 15.2. The Labute approximate surface area is 180 Å². The van der Waals surface area contributed by atoms with Gasteiger partial charge in [-0.05, 0) is 42.0 Å². The Bertz CT molecular complexity index is 586. The Balaban J connectivity index is 4.27. The van der Waals surface area contributed by atoms with Gasteiger partial charge in [0.25, 0.3) is 0 Å². The van der Waals surface area contributed by atoms with E-state index in [1.54, 1.807) is 0 Å². The van der Waals surface area contributed by atoms with Gasteiger partial charge in [0.05, 0.1) is 7.11 Å². The van der Waals surface area contributed by atoms with Gasteiger partial charge in [-0.25, -0.2) is 4.79 Å². The van der Waals surface area contributed by atoms with Gasteiger partial charge in [-0.1, -0.05) is 90.2 Å². The van der Waals surface area contributed by atoms with Crippen LogP contribution < -0.4 is 0 Å². The Morgan fingerprint density at radius 2 is 1.38 bits per heavy atom. The Morgan fingerprint density at radius 3 is 1.90 bits per heavy atom. The van der Waals surface area contributed by atoms with E-state index in [9.17, 15) is 4.79 Å². The highest BCUT2D eigenvalue weighted by atomic mass is 28.4. The molecule has 0 atom stereocenters. The molecule has 0 aliphatic carbocycles. The summed E-state index contributed by atoms with van der Waals surface area (Å²) in [6.07, 6.45) is 19.5. The average Bonchev–Trinajstić information content (AvgIpc) is 2.64. The maximum atomic E-state index is 11.1. The molecule has 4 heteroatoms. The first-order valence-corrected chi connectivity index (χ1v) is 12.9. The fourth-order valence-corrected chi connectivity index (χ4v) is 9.38. The molecular weight excluding hydrogens is 376 g/mol. The third-order valence-electron chi connectivity index (χ3n) is 5.17. The van der Waals surface area contributed by atoms with Gasteiger partial charge in [-0.3, -0.25) is 0 Å². The lowest BCUT2D eigenvalue weighted by atomic mass is 10.2. The first-order valence-electron chi connectivity index (χ1n) is 10.7. The lowest BCUT2D eigenvalue weighted by molar-refractivity contribution is -0.134. The Morgan fingerprint density at radius 1 is 0.862 bits per heavy atom. The summed E-state index contributed by atoms with van der Waals surface area (Å²) in [5, 5.41) is 0. The van der Waals surface area contributed by atoms with E-state index in [-0.39, 0.29) is 5.97 Å². The summed E-state index contributed by atoms with van der Waals surface area (Å²) in [7, 11) is -0.351. The summed E-state index contributed by atoms with van der Waals surface area (Å²) >= 11 is 0. The van der Waals surface area contributed by atoms with E-state index >= 15 is 0 Å². The minimum Gasteiger partial charge on any atom is -0.466 e. The summed E-state index contributed by atoms with van der Waals surface area (Å²) in [6.45, 7) is 16.7. The molecule has 0 unspecified atom stereocenters. The van der Waals surface area contributed by atoms with Gasteiger partial charge in [0.2, 0.25) is 0 Å². The molecule has 0 heterocycles. The molecule has 0 aromatic rings. The summed E-state index contributed by atoms with van der Waals surface area (Å²) in [5.74, 6) is -0.336. The van der Waals surface area contributed by atoms with Crippen LogP contribution in [-0.4, -0.2) is 28.0 Å². The smallest absolute Gasteiger partial charge is 0.330 e. The molecule has 0 saturated carbocycles. The number of unbranched alkanes of at least 4 members (excludes halogenated alkanes) is 1. The van der Waals surface area contributed by atoms with Crippen LogP contribution in [0.15, 0.2) is 60.3 Å². The fraction of sp³-hybridized carbons (Fsp3) is 0.560. The van der Waals surface area contributed by atoms with Gasteiger partial charge in [0.1, 0.15) is 0 Å². The highest BCUT2D eigenvalue weighted by Gasteiger charge is 2.44. The Hall–Kier alpha value is -1.65. The van der Waals surface area contributed by atoms with E-state index < -0.39 is 8.32 Å². The van der Waals surface area contributed by atoms with E-state index in [0.29, 0.717) is 16.6 Å². The molecule has 0 aromatic heterocycles. The quantitative estimate of drug-likeness (QED) is 0.103. The van der Waals surface area contributed by atoms with Crippen LogP contribution in [0, 0.1) is 0 Å². The molecule has 0 aliphatic rings. The molecule has 0 N–H and O–H groups in total. The number of hydrogen-bond acceptors (Lipinski definition) is 3. The predicted octanol–water partition coefficient (Wildman–Crippen LogP) is 7.30. The molecule has 29 heavy (non-hydrogen) atoms. The van der Waals surface area contributed by atoms with Crippen molar-refractivity contribution in [1.29, 1.82) is 0 Å². The summed E-state index contributed by atoms with van der Waals surface area (Å²) < 4.78 is 11.2. The number of methoxy groups -OCH3 is 1. The van der Waals surface area contributed by atoms with E-state index in [1.165, 1.54) is 13.2 Å². The van der Waals surface area contributed by atoms with Crippen molar-refractivity contribution in [3.8, 4) is 0 Å². The van der Waals surface area contributed by atoms with Crippen LogP contribution in [0.4, 0.5) is 0 Å². The molecule has 0 radical (unpaired) electrons. The van der Waals surface area contributed by atoms with E-state index in [2.05, 4.69) is 58.4 Å². The van der Waals surface area contributed by atoms with Gasteiger partial charge < -0.3 is 9.16 Å². The number of allylic oxidation sites excluding steroid dienone is 9. The van der Waals surface area contributed by atoms with Crippen LogP contribution in [0.5, 0.6) is 0 Å². The minimum absolute atomic E-state index is 0.336. The molecular formula is C25H42O3Si. The molecule has 0 saturated heterocycles. The molecule has 0 aromatic carbocycles. The van der Waals surface area contributed by atoms with Crippen LogP contribution in [0.2, 0.25) is 16.6 Å². The normalized spacial score (nSPS) is 14.1. The maximum Gasteiger partial charge on any atom is 0.330 e. The van der Waals surface area contributed by atoms with Crippen molar-refractivity contribution in [3.05, 3.63) is 60.3 Å². The standard InChI is InChI=1S/C25H42O3Si/c1-21(2)29(22(3)4,23(5)6)28-19-17-15-13-11-9-10-12-14-16-18-24(7)20-25(26)27-8/h9-14,16,18,20-23H,15,17,19H2,1-8H3/b10-9+,13-11+,14-12+,18-16+,24-20+. The molecule has 0 bridgehead atoms. The van der Waals surface area contributed by atoms with Crippen LogP contribution in [0.3, 0.4) is 0 Å². The Kier molecular flexibility index (Phi) is 14.4. The van der Waals surface area contributed by atoms with Crippen LogP contribution in [-0.2, 0) is 14.0 Å². The molecule has 0 amide bonds. The zero-order valence-corrected chi connectivity index (χ0v) is 20.8. The van der Waals surface area contributed by atoms with Crippen LogP contribution in [0.1, 0.15) is 61.3 Å². The topological polar surface area (TPSA) is 35.5 Å². The van der Waals surface area contributed by atoms with Crippen molar-refractivity contribution in [2.24, 2.45) is 0 Å². The van der Waals surface area contributed by atoms with Gasteiger partial charge in [0, 0.05) is 12.7 Å².